The number of nitrogens with zero attached hydrogens (tertiary/aromatic N) is 2. The fourth-order valence-corrected chi connectivity index (χ4v) is 3.94. The number of carbonyl (C=O) groups excluding carboxylic acids is 2. The lowest BCUT2D eigenvalue weighted by molar-refractivity contribution is -0.108. The molecule has 30 heavy (non-hydrogen) atoms. The van der Waals surface area contributed by atoms with Gasteiger partial charge in [-0.1, -0.05) is 64.9 Å². The number of aromatic nitrogens is 1. The van der Waals surface area contributed by atoms with Crippen LogP contribution in [0.25, 0.3) is 28.3 Å². The molecule has 0 bridgehead atoms. The van der Waals surface area contributed by atoms with Gasteiger partial charge in [0, 0.05) is 16.7 Å². The highest BCUT2D eigenvalue weighted by Gasteiger charge is 2.32. The summed E-state index contributed by atoms with van der Waals surface area (Å²) in [5.74, 6) is 0.317. The van der Waals surface area contributed by atoms with Gasteiger partial charge < -0.3 is 9.36 Å². The van der Waals surface area contributed by atoms with E-state index in [-0.39, 0.29) is 23.0 Å². The average Bonchev–Trinajstić information content (AvgIpc) is 3.22. The van der Waals surface area contributed by atoms with E-state index in [0.29, 0.717) is 38.9 Å². The second kappa shape index (κ2) is 6.09. The van der Waals surface area contributed by atoms with Gasteiger partial charge >= 0.3 is 0 Å². The van der Waals surface area contributed by atoms with E-state index in [4.69, 9.17) is 9.36 Å². The average molecular weight is 392 g/mol. The Morgan fingerprint density at radius 1 is 0.833 bits per heavy atom. The number of rotatable bonds is 2. The zero-order chi connectivity index (χ0) is 20.2. The number of fused-ring (bicyclic) bond motifs is 3. The van der Waals surface area contributed by atoms with Crippen LogP contribution in [0.4, 0.5) is 0 Å². The number of allylic oxidation sites excluding steroid dienone is 1. The molecule has 142 valence electrons. The highest BCUT2D eigenvalue weighted by molar-refractivity contribution is 6.52. The number of carbonyl (C=O) groups is 2. The van der Waals surface area contributed by atoms with E-state index < -0.39 is 0 Å². The summed E-state index contributed by atoms with van der Waals surface area (Å²) in [6, 6.07) is 18.0. The van der Waals surface area contributed by atoms with Crippen LogP contribution in [-0.2, 0) is 4.79 Å². The van der Waals surface area contributed by atoms with Gasteiger partial charge in [-0.05, 0) is 23.8 Å². The van der Waals surface area contributed by atoms with Crippen LogP contribution in [0.3, 0.4) is 0 Å². The predicted molar refractivity (Wildman–Crippen MR) is 111 cm³/mol. The largest absolute Gasteiger partial charge is 0.355 e. The van der Waals surface area contributed by atoms with E-state index >= 15 is 0 Å². The van der Waals surface area contributed by atoms with Crippen LogP contribution >= 0.6 is 0 Å². The van der Waals surface area contributed by atoms with Crippen molar-refractivity contribution in [2.24, 2.45) is 5.16 Å². The van der Waals surface area contributed by atoms with E-state index in [2.05, 4.69) is 10.3 Å². The zero-order valence-corrected chi connectivity index (χ0v) is 15.5. The van der Waals surface area contributed by atoms with Gasteiger partial charge in [-0.15, -0.1) is 0 Å². The molecule has 0 amide bonds. The summed E-state index contributed by atoms with van der Waals surface area (Å²) in [5.41, 5.74) is 3.85. The summed E-state index contributed by atoms with van der Waals surface area (Å²) < 4.78 is 5.53. The molecule has 0 spiro atoms. The Kier molecular flexibility index (Phi) is 3.37. The van der Waals surface area contributed by atoms with Crippen molar-refractivity contribution in [3.63, 3.8) is 0 Å². The van der Waals surface area contributed by atoms with Gasteiger partial charge in [0.2, 0.25) is 5.78 Å². The minimum atomic E-state index is -0.259. The van der Waals surface area contributed by atoms with Crippen molar-refractivity contribution >= 4 is 34.3 Å². The van der Waals surface area contributed by atoms with Gasteiger partial charge in [0.15, 0.2) is 23.0 Å². The van der Waals surface area contributed by atoms with Crippen LogP contribution in [0.15, 0.2) is 76.4 Å². The van der Waals surface area contributed by atoms with Gasteiger partial charge in [0.05, 0.1) is 10.9 Å². The van der Waals surface area contributed by atoms with Gasteiger partial charge in [0.1, 0.15) is 5.52 Å². The second-order valence-corrected chi connectivity index (χ2v) is 7.04. The molecular weight excluding hydrogens is 380 g/mol. The SMILES string of the molecule is O=C1C=Cc2ccccc2/C1=N/Oc1ccc2noc3c2c1C(=O)c1ccccc1-3. The van der Waals surface area contributed by atoms with Gasteiger partial charge in [0.25, 0.3) is 0 Å². The van der Waals surface area contributed by atoms with E-state index in [1.165, 1.54) is 6.08 Å². The number of oxime groups is 1. The Bertz CT molecular complexity index is 1460. The molecule has 6 heteroatoms. The summed E-state index contributed by atoms with van der Waals surface area (Å²) in [6.45, 7) is 0. The molecule has 2 aliphatic rings. The molecule has 3 aromatic carbocycles. The summed E-state index contributed by atoms with van der Waals surface area (Å²) in [6.07, 6.45) is 3.20. The number of benzene rings is 3. The second-order valence-electron chi connectivity index (χ2n) is 7.04. The molecule has 0 saturated carbocycles. The maximum absolute atomic E-state index is 13.3. The normalized spacial score (nSPS) is 15.4. The van der Waals surface area contributed by atoms with E-state index in [0.717, 1.165) is 5.56 Å². The molecule has 2 aliphatic carbocycles. The smallest absolute Gasteiger partial charge is 0.208 e. The molecule has 4 aromatic rings. The fourth-order valence-electron chi connectivity index (χ4n) is 3.94. The topological polar surface area (TPSA) is 81.8 Å². The first kappa shape index (κ1) is 16.6. The maximum atomic E-state index is 13.3. The molecule has 0 N–H and O–H groups in total. The Morgan fingerprint density at radius 2 is 1.60 bits per heavy atom. The summed E-state index contributed by atoms with van der Waals surface area (Å²) in [5, 5.41) is 8.80. The predicted octanol–water partition coefficient (Wildman–Crippen LogP) is 4.42. The summed E-state index contributed by atoms with van der Waals surface area (Å²) in [7, 11) is 0. The Labute approximate surface area is 170 Å². The highest BCUT2D eigenvalue weighted by Crippen LogP contribution is 2.43. The standard InChI is InChI=1S/C24H12N2O4/c27-18-11-9-13-5-1-2-6-14(13)22(18)26-29-19-12-10-17-20-21(19)23(28)15-7-3-4-8-16(15)24(20)30-25-17/h1-12H/b26-22-. The van der Waals surface area contributed by atoms with Gasteiger partial charge in [-0.25, -0.2) is 0 Å². The third kappa shape index (κ3) is 2.24. The molecule has 0 saturated heterocycles. The van der Waals surface area contributed by atoms with Crippen molar-refractivity contribution in [1.29, 1.82) is 0 Å². The van der Waals surface area contributed by atoms with Crippen LogP contribution in [0, 0.1) is 0 Å². The Morgan fingerprint density at radius 3 is 2.47 bits per heavy atom. The van der Waals surface area contributed by atoms with Crippen molar-refractivity contribution in [1.82, 2.24) is 5.16 Å². The van der Waals surface area contributed by atoms with E-state index in [1.54, 1.807) is 30.3 Å². The van der Waals surface area contributed by atoms with Crippen molar-refractivity contribution in [2.45, 2.75) is 0 Å². The molecule has 0 radical (unpaired) electrons. The van der Waals surface area contributed by atoms with E-state index in [9.17, 15) is 9.59 Å². The van der Waals surface area contributed by atoms with Crippen LogP contribution in [-0.4, -0.2) is 22.4 Å². The minimum Gasteiger partial charge on any atom is -0.355 e. The fraction of sp³-hybridized carbons (Fsp3) is 0. The minimum absolute atomic E-state index is 0.189. The van der Waals surface area contributed by atoms with Gasteiger partial charge in [-0.3, -0.25) is 9.59 Å². The van der Waals surface area contributed by atoms with Crippen molar-refractivity contribution in [3.8, 4) is 17.1 Å². The molecule has 6 nitrogen and oxygen atoms in total. The van der Waals surface area contributed by atoms with Gasteiger partial charge in [-0.2, -0.15) is 0 Å². The molecule has 0 aliphatic heterocycles. The molecular formula is C24H12N2O4. The van der Waals surface area contributed by atoms with Crippen molar-refractivity contribution in [2.75, 3.05) is 0 Å². The molecule has 0 atom stereocenters. The van der Waals surface area contributed by atoms with Crippen LogP contribution in [0.2, 0.25) is 0 Å². The highest BCUT2D eigenvalue weighted by atomic mass is 16.6. The van der Waals surface area contributed by atoms with Crippen LogP contribution in [0.5, 0.6) is 5.75 Å². The molecule has 0 unspecified atom stereocenters. The third-order valence-electron chi connectivity index (χ3n) is 5.35. The number of ketones is 2. The van der Waals surface area contributed by atoms with Crippen molar-refractivity contribution in [3.05, 3.63) is 89.0 Å². The summed E-state index contributed by atoms with van der Waals surface area (Å²) >= 11 is 0. The quantitative estimate of drug-likeness (QED) is 0.416. The van der Waals surface area contributed by atoms with Crippen molar-refractivity contribution < 1.29 is 18.9 Å². The van der Waals surface area contributed by atoms with Crippen LogP contribution < -0.4 is 4.84 Å². The third-order valence-corrected chi connectivity index (χ3v) is 5.35. The van der Waals surface area contributed by atoms with E-state index in [1.807, 2.05) is 36.4 Å². The lowest BCUT2D eigenvalue weighted by Crippen LogP contribution is -2.19. The molecule has 1 aromatic heterocycles. The molecule has 1 heterocycles. The first-order chi connectivity index (χ1) is 14.7. The first-order valence-electron chi connectivity index (χ1n) is 9.35. The maximum Gasteiger partial charge on any atom is 0.208 e. The summed E-state index contributed by atoms with van der Waals surface area (Å²) in [4.78, 5) is 31.3. The first-order valence-corrected chi connectivity index (χ1v) is 9.35. The Balaban J connectivity index is 1.51. The number of hydrogen-bond donors (Lipinski definition) is 0. The molecule has 0 fully saturated rings. The Hall–Kier alpha value is -4.32. The number of hydrogen-bond acceptors (Lipinski definition) is 6. The lowest BCUT2D eigenvalue weighted by atomic mass is 9.87. The zero-order valence-electron chi connectivity index (χ0n) is 15.5. The van der Waals surface area contributed by atoms with Crippen LogP contribution in [0.1, 0.15) is 27.0 Å². The lowest BCUT2D eigenvalue weighted by Gasteiger charge is -2.16. The molecule has 6 rings (SSSR count). The monoisotopic (exact) mass is 392 g/mol.